The summed E-state index contributed by atoms with van der Waals surface area (Å²) in [4.78, 5) is 0. The molecule has 2 N–H and O–H groups in total. The number of methoxy groups -OCH3 is 1. The highest BCUT2D eigenvalue weighted by molar-refractivity contribution is 5.34. The molecule has 5 aliphatic rings. The lowest BCUT2D eigenvalue weighted by Gasteiger charge is -2.65. The van der Waals surface area contributed by atoms with Crippen molar-refractivity contribution < 1.29 is 19.7 Å². The largest absolute Gasteiger partial charge is 0.392 e. The Morgan fingerprint density at radius 2 is 1.80 bits per heavy atom. The lowest BCUT2D eigenvalue weighted by molar-refractivity contribution is -0.225. The molecule has 0 aromatic heterocycles. The van der Waals surface area contributed by atoms with Gasteiger partial charge in [0.2, 0.25) is 0 Å². The molecule has 2 bridgehead atoms. The van der Waals surface area contributed by atoms with Gasteiger partial charge in [-0.15, -0.1) is 0 Å². The molecule has 5 rings (SSSR count). The Morgan fingerprint density at radius 3 is 2.46 bits per heavy atom. The molecule has 198 valence electrons. The van der Waals surface area contributed by atoms with Crippen LogP contribution < -0.4 is 0 Å². The van der Waals surface area contributed by atoms with E-state index in [1.807, 2.05) is 27.0 Å². The minimum absolute atomic E-state index is 0.0197. The number of hydrogen-bond acceptors (Lipinski definition) is 4. The van der Waals surface area contributed by atoms with Crippen LogP contribution >= 0.6 is 0 Å². The maximum atomic E-state index is 11.0. The number of hydrogen-bond donors (Lipinski definition) is 2. The molecule has 1 spiro atoms. The molecule has 1 aliphatic heterocycles. The Kier molecular flexibility index (Phi) is 5.87. The zero-order valence-electron chi connectivity index (χ0n) is 23.4. The van der Waals surface area contributed by atoms with Gasteiger partial charge in [-0.1, -0.05) is 58.9 Å². The van der Waals surface area contributed by atoms with Crippen molar-refractivity contribution in [1.82, 2.24) is 0 Å². The average Bonchev–Trinajstić information content (AvgIpc) is 3.14. The highest BCUT2D eigenvalue weighted by Crippen LogP contribution is 2.78. The van der Waals surface area contributed by atoms with Crippen molar-refractivity contribution in [1.29, 1.82) is 0 Å². The van der Waals surface area contributed by atoms with Crippen molar-refractivity contribution in [3.05, 3.63) is 24.3 Å². The van der Waals surface area contributed by atoms with Crippen molar-refractivity contribution in [2.24, 2.45) is 45.3 Å². The molecular formula is C31H50O4. The second kappa shape index (κ2) is 7.91. The van der Waals surface area contributed by atoms with Crippen molar-refractivity contribution >= 4 is 0 Å². The number of ether oxygens (including phenoxy) is 2. The lowest BCUT2D eigenvalue weighted by Crippen LogP contribution is -2.65. The summed E-state index contributed by atoms with van der Waals surface area (Å²) in [6.07, 6.45) is 16.2. The van der Waals surface area contributed by atoms with E-state index in [0.717, 1.165) is 25.7 Å². The molecule has 0 radical (unpaired) electrons. The van der Waals surface area contributed by atoms with Gasteiger partial charge in [-0.25, -0.2) is 0 Å². The summed E-state index contributed by atoms with van der Waals surface area (Å²) in [5.41, 5.74) is -1.09. The molecular weight excluding hydrogens is 436 g/mol. The summed E-state index contributed by atoms with van der Waals surface area (Å²) in [6.45, 7) is 15.7. The highest BCUT2D eigenvalue weighted by Gasteiger charge is 2.78. The van der Waals surface area contributed by atoms with Gasteiger partial charge in [0, 0.05) is 23.9 Å². The van der Waals surface area contributed by atoms with Gasteiger partial charge < -0.3 is 19.7 Å². The van der Waals surface area contributed by atoms with E-state index in [-0.39, 0.29) is 34.1 Å². The molecule has 4 heteroatoms. The van der Waals surface area contributed by atoms with Crippen LogP contribution in [-0.4, -0.2) is 40.9 Å². The molecule has 10 atom stereocenters. The summed E-state index contributed by atoms with van der Waals surface area (Å²) < 4.78 is 13.2. The maximum absolute atomic E-state index is 11.0. The van der Waals surface area contributed by atoms with Gasteiger partial charge in [0.25, 0.3) is 0 Å². The first-order chi connectivity index (χ1) is 16.2. The minimum Gasteiger partial charge on any atom is -0.392 e. The van der Waals surface area contributed by atoms with E-state index >= 15 is 0 Å². The van der Waals surface area contributed by atoms with Gasteiger partial charge in [-0.05, 0) is 87.4 Å². The fraction of sp³-hybridized carbons (Fsp3) is 0.871. The van der Waals surface area contributed by atoms with E-state index in [9.17, 15) is 10.2 Å². The molecule has 35 heavy (non-hydrogen) atoms. The van der Waals surface area contributed by atoms with E-state index in [2.05, 4.69) is 52.8 Å². The second-order valence-corrected chi connectivity index (χ2v) is 14.5. The van der Waals surface area contributed by atoms with Crippen molar-refractivity contribution in [2.45, 2.75) is 117 Å². The summed E-state index contributed by atoms with van der Waals surface area (Å²) in [5.74, 6) is 2.07. The Labute approximate surface area is 213 Å². The van der Waals surface area contributed by atoms with Gasteiger partial charge in [0.15, 0.2) is 6.29 Å². The standard InChI is InChI=1S/C31H50O4/c1-20(10-9-15-26(2,3)33)21-13-16-29(7)22-14-17-31-23(11-12-24(32)27(31,4)5)30(22,25(34-8)35-31)19-18-28(21,29)6/h9,14-15,17,20-25,32-33H,10-13,16,18-19H2,1-8H3/b15-9+/t20-,21?,22-,23+,24?,25-,28?,29+,30?,31?/m1/s1. The third-order valence-electron chi connectivity index (χ3n) is 12.4. The van der Waals surface area contributed by atoms with Gasteiger partial charge in [0.1, 0.15) is 5.60 Å². The predicted octanol–water partition coefficient (Wildman–Crippen LogP) is 6.27. The van der Waals surface area contributed by atoms with Crippen LogP contribution in [0.25, 0.3) is 0 Å². The summed E-state index contributed by atoms with van der Waals surface area (Å²) in [5, 5.41) is 21.2. The molecule has 0 amide bonds. The Morgan fingerprint density at radius 1 is 1.09 bits per heavy atom. The molecule has 4 nitrogen and oxygen atoms in total. The SMILES string of the molecule is CO[C@@H]1OC23C=C[C@H]4C1(CCC1(C)C([C@H](C)C/C=C/C(C)(C)O)CC[C@@]41C)[C@@H]2CCC(O)C3(C)C. The maximum Gasteiger partial charge on any atom is 0.164 e. The first-order valence-electron chi connectivity index (χ1n) is 14.2. The summed E-state index contributed by atoms with van der Waals surface area (Å²) >= 11 is 0. The van der Waals surface area contributed by atoms with Crippen LogP contribution in [0.1, 0.15) is 93.4 Å². The fourth-order valence-electron chi connectivity index (χ4n) is 10.2. The quantitative estimate of drug-likeness (QED) is 0.450. The highest BCUT2D eigenvalue weighted by atomic mass is 16.7. The third kappa shape index (κ3) is 3.18. The zero-order chi connectivity index (χ0) is 25.7. The molecule has 1 saturated heterocycles. The molecule has 5 unspecified atom stereocenters. The van der Waals surface area contributed by atoms with Crippen LogP contribution in [0.5, 0.6) is 0 Å². The number of aliphatic hydroxyl groups is 2. The average molecular weight is 487 g/mol. The molecule has 0 aromatic rings. The molecule has 4 fully saturated rings. The van der Waals surface area contributed by atoms with Crippen molar-refractivity contribution in [3.8, 4) is 0 Å². The second-order valence-electron chi connectivity index (χ2n) is 14.5. The van der Waals surface area contributed by atoms with E-state index in [1.54, 1.807) is 0 Å². The fourth-order valence-corrected chi connectivity index (χ4v) is 10.2. The summed E-state index contributed by atoms with van der Waals surface area (Å²) in [7, 11) is 1.83. The van der Waals surface area contributed by atoms with Gasteiger partial charge in [-0.2, -0.15) is 0 Å². The topological polar surface area (TPSA) is 58.9 Å². The Balaban J connectivity index is 1.52. The molecule has 3 saturated carbocycles. The zero-order valence-corrected chi connectivity index (χ0v) is 23.4. The van der Waals surface area contributed by atoms with E-state index in [0.29, 0.717) is 23.7 Å². The van der Waals surface area contributed by atoms with Gasteiger partial charge in [0.05, 0.1) is 11.7 Å². The van der Waals surface area contributed by atoms with Crippen LogP contribution in [0, 0.1) is 45.3 Å². The molecule has 0 aromatic carbocycles. The van der Waals surface area contributed by atoms with E-state index < -0.39 is 11.2 Å². The number of allylic oxidation sites excluding steroid dienone is 2. The van der Waals surface area contributed by atoms with Crippen LogP contribution in [-0.2, 0) is 9.47 Å². The number of rotatable bonds is 5. The van der Waals surface area contributed by atoms with Crippen LogP contribution in [0.4, 0.5) is 0 Å². The number of aliphatic hydroxyl groups excluding tert-OH is 1. The number of fused-ring (bicyclic) bond motifs is 2. The monoisotopic (exact) mass is 486 g/mol. The minimum atomic E-state index is -0.747. The first kappa shape index (κ1) is 25.9. The lowest BCUT2D eigenvalue weighted by atomic mass is 9.38. The molecule has 4 aliphatic carbocycles. The van der Waals surface area contributed by atoms with Gasteiger partial charge >= 0.3 is 0 Å². The van der Waals surface area contributed by atoms with E-state index in [4.69, 9.17) is 9.47 Å². The predicted molar refractivity (Wildman–Crippen MR) is 140 cm³/mol. The Hall–Kier alpha value is -0.680. The summed E-state index contributed by atoms with van der Waals surface area (Å²) in [6, 6.07) is 0. The van der Waals surface area contributed by atoms with Crippen LogP contribution in [0.2, 0.25) is 0 Å². The first-order valence-corrected chi connectivity index (χ1v) is 14.2. The smallest absolute Gasteiger partial charge is 0.164 e. The van der Waals surface area contributed by atoms with Crippen LogP contribution in [0.3, 0.4) is 0 Å². The van der Waals surface area contributed by atoms with E-state index in [1.165, 1.54) is 19.3 Å². The normalized spacial score (nSPS) is 51.2. The Bertz CT molecular complexity index is 900. The molecule has 1 heterocycles. The van der Waals surface area contributed by atoms with Gasteiger partial charge in [-0.3, -0.25) is 0 Å². The van der Waals surface area contributed by atoms with Crippen LogP contribution in [0.15, 0.2) is 24.3 Å². The van der Waals surface area contributed by atoms with Crippen molar-refractivity contribution in [3.63, 3.8) is 0 Å². The van der Waals surface area contributed by atoms with Crippen molar-refractivity contribution in [2.75, 3.05) is 7.11 Å². The third-order valence-corrected chi connectivity index (χ3v) is 12.4.